The molecule has 0 aromatic heterocycles. The van der Waals surface area contributed by atoms with E-state index in [1.54, 1.807) is 0 Å². The minimum Gasteiger partial charge on any atom is -0.460 e. The van der Waals surface area contributed by atoms with Gasteiger partial charge in [-0.3, -0.25) is 4.79 Å². The van der Waals surface area contributed by atoms with Crippen molar-refractivity contribution in [2.75, 3.05) is 19.0 Å². The normalized spacial score (nSPS) is 20.5. The topological polar surface area (TPSA) is 58.6 Å². The summed E-state index contributed by atoms with van der Waals surface area (Å²) in [5.41, 5.74) is 6.04. The Labute approximate surface area is 196 Å². The first-order chi connectivity index (χ1) is 15.8. The quantitative estimate of drug-likeness (QED) is 0.653. The second-order valence-electron chi connectivity index (χ2n) is 9.37. The van der Waals surface area contributed by atoms with Gasteiger partial charge in [0.1, 0.15) is 0 Å². The number of carbonyl (C=O) groups excluding carboxylic acids is 2. The lowest BCUT2D eigenvalue weighted by Gasteiger charge is -2.37. The van der Waals surface area contributed by atoms with Gasteiger partial charge in [-0.2, -0.15) is 0 Å². The van der Waals surface area contributed by atoms with E-state index in [0.29, 0.717) is 17.6 Å². The van der Waals surface area contributed by atoms with Gasteiger partial charge in [-0.15, -0.1) is 0 Å². The number of carbonyl (C=O) groups is 2. The van der Waals surface area contributed by atoms with Crippen LogP contribution in [-0.4, -0.2) is 32.0 Å². The van der Waals surface area contributed by atoms with Crippen molar-refractivity contribution in [2.45, 2.75) is 51.6 Å². The van der Waals surface area contributed by atoms with Crippen LogP contribution in [0.3, 0.4) is 0 Å². The number of nitrogens with one attached hydrogen (secondary N) is 1. The van der Waals surface area contributed by atoms with Gasteiger partial charge < -0.3 is 15.0 Å². The largest absolute Gasteiger partial charge is 0.460 e. The molecule has 1 heterocycles. The number of hydrogen-bond donors (Lipinski definition) is 1. The molecule has 5 nitrogen and oxygen atoms in total. The standard InChI is InChI=1S/C28H32N2O3/c1-17(2)33-28(32)25-18(3)29-23-15-21(19-9-7-6-8-10-19)16-24(31)27(23)26(25)20-11-13-22(14-12-20)30(4)5/h6-14,17,21,26,29H,15-16H2,1-5H3/t21-,26-/m1/s1. The molecule has 0 saturated carbocycles. The number of ketones is 1. The number of nitrogens with zero attached hydrogens (tertiary/aromatic N) is 1. The van der Waals surface area contributed by atoms with Crippen molar-refractivity contribution < 1.29 is 14.3 Å². The molecule has 2 aromatic carbocycles. The fraction of sp³-hybridized carbons (Fsp3) is 0.357. The molecule has 0 saturated heterocycles. The number of anilines is 1. The monoisotopic (exact) mass is 444 g/mol. The van der Waals surface area contributed by atoms with Gasteiger partial charge in [-0.05, 0) is 56.4 Å². The van der Waals surface area contributed by atoms with Crippen LogP contribution in [-0.2, 0) is 14.3 Å². The van der Waals surface area contributed by atoms with Crippen molar-refractivity contribution in [2.24, 2.45) is 0 Å². The fourth-order valence-corrected chi connectivity index (χ4v) is 4.85. The minimum absolute atomic E-state index is 0.0848. The molecule has 0 unspecified atom stereocenters. The first-order valence-electron chi connectivity index (χ1n) is 11.5. The molecule has 172 valence electrons. The molecule has 0 radical (unpaired) electrons. The highest BCUT2D eigenvalue weighted by molar-refractivity contribution is 6.04. The number of ether oxygens (including phenoxy) is 1. The van der Waals surface area contributed by atoms with Gasteiger partial charge in [-0.1, -0.05) is 42.5 Å². The summed E-state index contributed by atoms with van der Waals surface area (Å²) in [4.78, 5) is 28.8. The Morgan fingerprint density at radius 2 is 1.67 bits per heavy atom. The highest BCUT2D eigenvalue weighted by Crippen LogP contribution is 2.46. The van der Waals surface area contributed by atoms with Crippen LogP contribution < -0.4 is 10.2 Å². The van der Waals surface area contributed by atoms with Crippen molar-refractivity contribution in [1.82, 2.24) is 5.32 Å². The van der Waals surface area contributed by atoms with Gasteiger partial charge in [0.05, 0.1) is 11.7 Å². The Bertz CT molecular complexity index is 1110. The number of rotatable bonds is 5. The Morgan fingerprint density at radius 3 is 2.27 bits per heavy atom. The van der Waals surface area contributed by atoms with Gasteiger partial charge in [-0.25, -0.2) is 4.79 Å². The number of hydrogen-bond acceptors (Lipinski definition) is 5. The van der Waals surface area contributed by atoms with Crippen LogP contribution in [0.15, 0.2) is 77.1 Å². The van der Waals surface area contributed by atoms with E-state index in [9.17, 15) is 9.59 Å². The lowest BCUT2D eigenvalue weighted by atomic mass is 9.71. The molecule has 0 amide bonds. The molecule has 2 atom stereocenters. The smallest absolute Gasteiger partial charge is 0.337 e. The maximum absolute atomic E-state index is 13.6. The third-order valence-electron chi connectivity index (χ3n) is 6.40. The molecule has 1 aliphatic carbocycles. The van der Waals surface area contributed by atoms with E-state index in [2.05, 4.69) is 17.4 Å². The van der Waals surface area contributed by atoms with Crippen LogP contribution in [0, 0.1) is 0 Å². The Morgan fingerprint density at radius 1 is 1.00 bits per heavy atom. The summed E-state index contributed by atoms with van der Waals surface area (Å²) in [6.07, 6.45) is 0.929. The van der Waals surface area contributed by atoms with E-state index < -0.39 is 5.92 Å². The van der Waals surface area contributed by atoms with E-state index >= 15 is 0 Å². The molecule has 0 bridgehead atoms. The first-order valence-corrected chi connectivity index (χ1v) is 11.5. The van der Waals surface area contributed by atoms with Crippen LogP contribution >= 0.6 is 0 Å². The summed E-state index contributed by atoms with van der Waals surface area (Å²) in [7, 11) is 3.98. The molecule has 1 N–H and O–H groups in total. The summed E-state index contributed by atoms with van der Waals surface area (Å²) >= 11 is 0. The molecular formula is C28H32N2O3. The van der Waals surface area contributed by atoms with E-state index in [1.807, 2.05) is 82.2 Å². The maximum Gasteiger partial charge on any atom is 0.337 e. The fourth-order valence-electron chi connectivity index (χ4n) is 4.85. The molecule has 5 heteroatoms. The first kappa shape index (κ1) is 22.8. The van der Waals surface area contributed by atoms with Gasteiger partial charge in [0, 0.05) is 49.1 Å². The molecule has 1 aliphatic heterocycles. The van der Waals surface area contributed by atoms with Gasteiger partial charge in [0.2, 0.25) is 0 Å². The van der Waals surface area contributed by atoms with Crippen molar-refractivity contribution in [3.05, 3.63) is 88.3 Å². The predicted molar refractivity (Wildman–Crippen MR) is 131 cm³/mol. The summed E-state index contributed by atoms with van der Waals surface area (Å²) in [6, 6.07) is 18.3. The third kappa shape index (κ3) is 4.58. The van der Waals surface area contributed by atoms with Crippen molar-refractivity contribution in [3.8, 4) is 0 Å². The molecule has 33 heavy (non-hydrogen) atoms. The average Bonchev–Trinajstić information content (AvgIpc) is 2.78. The summed E-state index contributed by atoms with van der Waals surface area (Å²) in [5, 5.41) is 3.41. The second-order valence-corrected chi connectivity index (χ2v) is 9.37. The SMILES string of the molecule is CC1=C(C(=O)OC(C)C)[C@@H](c2ccc(N(C)C)cc2)C2=C(C[C@@H](c3ccccc3)CC2=O)N1. The second kappa shape index (κ2) is 9.26. The molecule has 2 aliphatic rings. The zero-order valence-electron chi connectivity index (χ0n) is 20.0. The minimum atomic E-state index is -0.437. The lowest BCUT2D eigenvalue weighted by Crippen LogP contribution is -2.36. The summed E-state index contributed by atoms with van der Waals surface area (Å²) in [6.45, 7) is 5.58. The zero-order valence-corrected chi connectivity index (χ0v) is 20.0. The number of allylic oxidation sites excluding steroid dienone is 3. The van der Waals surface area contributed by atoms with Crippen molar-refractivity contribution in [1.29, 1.82) is 0 Å². The molecule has 2 aromatic rings. The van der Waals surface area contributed by atoms with Crippen LogP contribution in [0.5, 0.6) is 0 Å². The third-order valence-corrected chi connectivity index (χ3v) is 6.40. The predicted octanol–water partition coefficient (Wildman–Crippen LogP) is 5.07. The Kier molecular flexibility index (Phi) is 6.41. The number of esters is 1. The molecule has 0 fully saturated rings. The van der Waals surface area contributed by atoms with E-state index in [4.69, 9.17) is 4.74 Å². The number of benzene rings is 2. The van der Waals surface area contributed by atoms with Crippen molar-refractivity contribution in [3.63, 3.8) is 0 Å². The van der Waals surface area contributed by atoms with Gasteiger partial charge in [0.25, 0.3) is 0 Å². The summed E-state index contributed by atoms with van der Waals surface area (Å²) < 4.78 is 5.60. The van der Waals surface area contributed by atoms with E-state index in [1.165, 1.54) is 0 Å². The Hall–Kier alpha value is -3.34. The van der Waals surface area contributed by atoms with E-state index in [-0.39, 0.29) is 23.8 Å². The van der Waals surface area contributed by atoms with Crippen LogP contribution in [0.25, 0.3) is 0 Å². The average molecular weight is 445 g/mol. The highest BCUT2D eigenvalue weighted by atomic mass is 16.5. The Balaban J connectivity index is 1.79. The van der Waals surface area contributed by atoms with Crippen LogP contribution in [0.4, 0.5) is 5.69 Å². The van der Waals surface area contributed by atoms with Gasteiger partial charge >= 0.3 is 5.97 Å². The molecule has 4 rings (SSSR count). The summed E-state index contributed by atoms with van der Waals surface area (Å²) in [5.74, 6) is -0.602. The lowest BCUT2D eigenvalue weighted by molar-refractivity contribution is -0.143. The highest BCUT2D eigenvalue weighted by Gasteiger charge is 2.41. The zero-order chi connectivity index (χ0) is 23.7. The van der Waals surface area contributed by atoms with Gasteiger partial charge in [0.15, 0.2) is 5.78 Å². The van der Waals surface area contributed by atoms with Crippen LogP contribution in [0.2, 0.25) is 0 Å². The molecule has 0 spiro atoms. The van der Waals surface area contributed by atoms with Crippen molar-refractivity contribution >= 4 is 17.4 Å². The maximum atomic E-state index is 13.6. The van der Waals surface area contributed by atoms with Crippen LogP contribution in [0.1, 0.15) is 56.6 Å². The number of Topliss-reactive ketones (excluding diaryl/α,β-unsaturated/α-hetero) is 1. The van der Waals surface area contributed by atoms with E-state index in [0.717, 1.165) is 34.6 Å². The molecular weight excluding hydrogens is 412 g/mol. The number of dihydropyridines is 1.